The summed E-state index contributed by atoms with van der Waals surface area (Å²) in [6.07, 6.45) is 2.07. The number of aryl methyl sites for hydroxylation is 2. The molecule has 23 heavy (non-hydrogen) atoms. The summed E-state index contributed by atoms with van der Waals surface area (Å²) in [6.45, 7) is 2.33. The second kappa shape index (κ2) is 7.40. The Balaban J connectivity index is 2.02. The van der Waals surface area contributed by atoms with Crippen molar-refractivity contribution < 1.29 is 14.5 Å². The van der Waals surface area contributed by atoms with Gasteiger partial charge in [0.2, 0.25) is 5.91 Å². The minimum Gasteiger partial charge on any atom is -0.496 e. The van der Waals surface area contributed by atoms with Crippen molar-refractivity contribution in [3.05, 3.63) is 43.8 Å². The Kier molecular flexibility index (Phi) is 5.53. The van der Waals surface area contributed by atoms with E-state index in [0.717, 1.165) is 9.26 Å². The quantitative estimate of drug-likeness (QED) is 0.432. The fraction of sp³-hybridized carbons (Fsp3) is 0.286. The third-order valence-electron chi connectivity index (χ3n) is 3.08. The van der Waals surface area contributed by atoms with E-state index < -0.39 is 4.92 Å². The molecular formula is C14H15IN4O4. The molecule has 1 heterocycles. The number of anilines is 1. The summed E-state index contributed by atoms with van der Waals surface area (Å²) < 4.78 is 7.73. The molecule has 0 aliphatic carbocycles. The van der Waals surface area contributed by atoms with Crippen LogP contribution in [-0.2, 0) is 11.3 Å². The molecule has 0 aliphatic heterocycles. The Labute approximate surface area is 146 Å². The van der Waals surface area contributed by atoms with Crippen LogP contribution in [0.1, 0.15) is 12.1 Å². The van der Waals surface area contributed by atoms with Crippen molar-refractivity contribution in [2.45, 2.75) is 19.9 Å². The predicted molar refractivity (Wildman–Crippen MR) is 92.6 cm³/mol. The van der Waals surface area contributed by atoms with Gasteiger partial charge in [0.1, 0.15) is 5.75 Å². The maximum absolute atomic E-state index is 12.0. The average Bonchev–Trinajstić information content (AvgIpc) is 2.83. The number of nitrogens with one attached hydrogen (secondary N) is 1. The number of benzene rings is 1. The van der Waals surface area contributed by atoms with Gasteiger partial charge in [0.05, 0.1) is 33.1 Å². The first kappa shape index (κ1) is 17.2. The van der Waals surface area contributed by atoms with Crippen molar-refractivity contribution in [1.82, 2.24) is 9.78 Å². The van der Waals surface area contributed by atoms with Gasteiger partial charge >= 0.3 is 0 Å². The Morgan fingerprint density at radius 3 is 2.78 bits per heavy atom. The minimum atomic E-state index is -0.535. The van der Waals surface area contributed by atoms with Gasteiger partial charge in [0.25, 0.3) is 5.69 Å². The van der Waals surface area contributed by atoms with Gasteiger partial charge in [0, 0.05) is 31.3 Å². The Hall–Kier alpha value is -2.17. The molecule has 0 unspecified atom stereocenters. The summed E-state index contributed by atoms with van der Waals surface area (Å²) in [5.74, 6) is 0.0578. The van der Waals surface area contributed by atoms with E-state index in [2.05, 4.69) is 33.0 Å². The zero-order valence-corrected chi connectivity index (χ0v) is 14.7. The van der Waals surface area contributed by atoms with Crippen LogP contribution in [0.15, 0.2) is 24.4 Å². The number of hydrogen-bond donors (Lipinski definition) is 1. The van der Waals surface area contributed by atoms with E-state index in [1.807, 2.05) is 13.1 Å². The van der Waals surface area contributed by atoms with Crippen molar-refractivity contribution >= 4 is 39.9 Å². The molecule has 1 N–H and O–H groups in total. The highest BCUT2D eigenvalue weighted by atomic mass is 127. The van der Waals surface area contributed by atoms with Crippen LogP contribution < -0.4 is 10.1 Å². The predicted octanol–water partition coefficient (Wildman–Crippen LogP) is 2.74. The highest BCUT2D eigenvalue weighted by Crippen LogP contribution is 2.25. The number of carbonyl (C=O) groups excluding carboxylic acids is 1. The largest absolute Gasteiger partial charge is 0.496 e. The van der Waals surface area contributed by atoms with Crippen molar-refractivity contribution in [1.29, 1.82) is 0 Å². The Morgan fingerprint density at radius 1 is 1.48 bits per heavy atom. The summed E-state index contributed by atoms with van der Waals surface area (Å²) in [7, 11) is 1.41. The summed E-state index contributed by atoms with van der Waals surface area (Å²) in [4.78, 5) is 22.3. The molecule has 0 radical (unpaired) electrons. The number of nitro benzene ring substituents is 1. The Bertz CT molecular complexity index is 725. The number of methoxy groups -OCH3 is 1. The lowest BCUT2D eigenvalue weighted by molar-refractivity contribution is -0.384. The zero-order valence-electron chi connectivity index (χ0n) is 12.6. The molecule has 2 rings (SSSR count). The molecule has 1 aromatic heterocycles. The maximum Gasteiger partial charge on any atom is 0.275 e. The zero-order chi connectivity index (χ0) is 17.0. The lowest BCUT2D eigenvalue weighted by Crippen LogP contribution is -2.15. The lowest BCUT2D eigenvalue weighted by atomic mass is 10.2. The van der Waals surface area contributed by atoms with Crippen LogP contribution in [0, 0.1) is 20.6 Å². The van der Waals surface area contributed by atoms with E-state index in [0.29, 0.717) is 18.0 Å². The van der Waals surface area contributed by atoms with Gasteiger partial charge in [-0.2, -0.15) is 5.10 Å². The summed E-state index contributed by atoms with van der Waals surface area (Å²) in [5, 5.41) is 17.8. The van der Waals surface area contributed by atoms with Crippen molar-refractivity contribution in [3.8, 4) is 5.75 Å². The van der Waals surface area contributed by atoms with Gasteiger partial charge in [0.15, 0.2) is 0 Å². The number of aromatic nitrogens is 2. The number of nitro groups is 1. The van der Waals surface area contributed by atoms with Crippen LogP contribution in [-0.4, -0.2) is 27.7 Å². The van der Waals surface area contributed by atoms with Crippen molar-refractivity contribution in [2.75, 3.05) is 12.4 Å². The number of halogens is 1. The lowest BCUT2D eigenvalue weighted by Gasteiger charge is -2.07. The molecule has 0 saturated heterocycles. The molecule has 1 aromatic carbocycles. The van der Waals surface area contributed by atoms with Gasteiger partial charge < -0.3 is 10.1 Å². The normalized spacial score (nSPS) is 10.4. The molecule has 0 aliphatic rings. The average molecular weight is 430 g/mol. The van der Waals surface area contributed by atoms with Gasteiger partial charge in [-0.3, -0.25) is 19.6 Å². The van der Waals surface area contributed by atoms with Crippen LogP contribution in [0.25, 0.3) is 0 Å². The standard InChI is InChI=1S/C14H15IN4O4/c1-9-13(15)8-18(17-9)4-3-14(20)16-10-5-11(19(21)22)7-12(6-10)23-2/h5-8H,3-4H2,1-2H3,(H,16,20). The molecule has 9 heteroatoms. The van der Waals surface area contributed by atoms with E-state index in [9.17, 15) is 14.9 Å². The van der Waals surface area contributed by atoms with Crippen molar-refractivity contribution in [3.63, 3.8) is 0 Å². The highest BCUT2D eigenvalue weighted by Gasteiger charge is 2.12. The first-order valence-electron chi connectivity index (χ1n) is 6.72. The molecule has 1 amide bonds. The third-order valence-corrected chi connectivity index (χ3v) is 4.14. The minimum absolute atomic E-state index is 0.142. The maximum atomic E-state index is 12.0. The van der Waals surface area contributed by atoms with Gasteiger partial charge in [-0.05, 0) is 29.5 Å². The van der Waals surface area contributed by atoms with Crippen molar-refractivity contribution in [2.24, 2.45) is 0 Å². The molecule has 0 spiro atoms. The molecule has 8 nitrogen and oxygen atoms in total. The summed E-state index contributed by atoms with van der Waals surface area (Å²) in [5.41, 5.74) is 1.10. The molecule has 0 saturated carbocycles. The molecular weight excluding hydrogens is 415 g/mol. The van der Waals surface area contributed by atoms with Gasteiger partial charge in [-0.1, -0.05) is 0 Å². The number of hydrogen-bond acceptors (Lipinski definition) is 5. The molecule has 0 fully saturated rings. The molecule has 0 atom stereocenters. The first-order chi connectivity index (χ1) is 10.9. The van der Waals surface area contributed by atoms with E-state index >= 15 is 0 Å². The number of amides is 1. The van der Waals surface area contributed by atoms with Crippen LogP contribution in [0.3, 0.4) is 0 Å². The SMILES string of the molecule is COc1cc(NC(=O)CCn2cc(I)c(C)n2)cc([N+](=O)[O-])c1. The number of rotatable bonds is 6. The smallest absolute Gasteiger partial charge is 0.275 e. The topological polar surface area (TPSA) is 99.3 Å². The van der Waals surface area contributed by atoms with Gasteiger partial charge in [-0.25, -0.2) is 0 Å². The molecule has 0 bridgehead atoms. The van der Waals surface area contributed by atoms with Crippen LogP contribution in [0.4, 0.5) is 11.4 Å². The second-order valence-electron chi connectivity index (χ2n) is 4.80. The molecule has 122 valence electrons. The van der Waals surface area contributed by atoms with E-state index in [4.69, 9.17) is 4.74 Å². The van der Waals surface area contributed by atoms with E-state index in [1.165, 1.54) is 25.3 Å². The number of non-ortho nitro benzene ring substituents is 1. The third kappa shape index (κ3) is 4.65. The number of ether oxygens (including phenoxy) is 1. The van der Waals surface area contributed by atoms with Gasteiger partial charge in [-0.15, -0.1) is 0 Å². The summed E-state index contributed by atoms with van der Waals surface area (Å²) in [6, 6.07) is 4.12. The fourth-order valence-corrected chi connectivity index (χ4v) is 2.36. The van der Waals surface area contributed by atoms with E-state index in [-0.39, 0.29) is 18.0 Å². The number of nitrogens with zero attached hydrogens (tertiary/aromatic N) is 3. The monoisotopic (exact) mass is 430 g/mol. The second-order valence-corrected chi connectivity index (χ2v) is 5.96. The first-order valence-corrected chi connectivity index (χ1v) is 7.80. The number of carbonyl (C=O) groups is 1. The Morgan fingerprint density at radius 2 is 2.22 bits per heavy atom. The van der Waals surface area contributed by atoms with E-state index in [1.54, 1.807) is 4.68 Å². The fourth-order valence-electron chi connectivity index (χ4n) is 1.93. The summed E-state index contributed by atoms with van der Waals surface area (Å²) >= 11 is 2.18. The van der Waals surface area contributed by atoms with Crippen LogP contribution in [0.2, 0.25) is 0 Å². The highest BCUT2D eigenvalue weighted by molar-refractivity contribution is 14.1. The van der Waals surface area contributed by atoms with Crippen LogP contribution in [0.5, 0.6) is 5.75 Å². The molecule has 2 aromatic rings. The van der Waals surface area contributed by atoms with Crippen LogP contribution >= 0.6 is 22.6 Å².